The highest BCUT2D eigenvalue weighted by atomic mass is 32.2. The number of esters is 1. The highest BCUT2D eigenvalue weighted by Gasteiger charge is 2.36. The number of thiophene rings is 1. The molecule has 0 bridgehead atoms. The number of aryl methyl sites for hydroxylation is 2. The van der Waals surface area contributed by atoms with Gasteiger partial charge in [-0.05, 0) is 62.7 Å². The topological polar surface area (TPSA) is 106 Å². The van der Waals surface area contributed by atoms with Gasteiger partial charge in [-0.25, -0.2) is 4.79 Å². The number of aromatic carboxylic acids is 1. The number of carbonyl (C=O) groups is 4. The number of hydrogen-bond donors (Lipinski definition) is 1. The summed E-state index contributed by atoms with van der Waals surface area (Å²) in [6, 6.07) is 1.83. The molecule has 2 aromatic rings. The van der Waals surface area contributed by atoms with Crippen LogP contribution in [0.15, 0.2) is 11.0 Å². The lowest BCUT2D eigenvalue weighted by Gasteiger charge is -2.10. The molecule has 1 N–H and O–H groups in total. The second kappa shape index (κ2) is 8.11. The van der Waals surface area contributed by atoms with Crippen molar-refractivity contribution in [1.29, 1.82) is 0 Å². The number of thioether (sulfide) groups is 1. The fourth-order valence-electron chi connectivity index (χ4n) is 3.24. The van der Waals surface area contributed by atoms with Gasteiger partial charge in [0.25, 0.3) is 11.1 Å². The van der Waals surface area contributed by atoms with Gasteiger partial charge < -0.3 is 14.4 Å². The summed E-state index contributed by atoms with van der Waals surface area (Å²) in [7, 11) is 1.19. The average molecular weight is 449 g/mol. The van der Waals surface area contributed by atoms with E-state index in [4.69, 9.17) is 0 Å². The summed E-state index contributed by atoms with van der Waals surface area (Å²) < 4.78 is 6.37. The Kier molecular flexibility index (Phi) is 5.91. The Bertz CT molecular complexity index is 1130. The molecule has 2 amide bonds. The lowest BCUT2D eigenvalue weighted by atomic mass is 10.1. The third-order valence-electron chi connectivity index (χ3n) is 4.93. The lowest BCUT2D eigenvalue weighted by molar-refractivity contribution is -0.143. The van der Waals surface area contributed by atoms with E-state index in [1.807, 2.05) is 31.4 Å². The number of methoxy groups -OCH3 is 1. The van der Waals surface area contributed by atoms with Crippen LogP contribution in [0, 0.1) is 27.7 Å². The number of imide groups is 1. The highest BCUT2D eigenvalue weighted by molar-refractivity contribution is 8.18. The number of carboxylic acid groups (broad SMARTS) is 1. The van der Waals surface area contributed by atoms with Crippen molar-refractivity contribution in [3.8, 4) is 5.00 Å². The van der Waals surface area contributed by atoms with Crippen molar-refractivity contribution >= 4 is 52.3 Å². The Hall–Kier alpha value is -2.85. The predicted molar refractivity (Wildman–Crippen MR) is 114 cm³/mol. The van der Waals surface area contributed by atoms with Crippen LogP contribution in [0.1, 0.15) is 37.7 Å². The lowest BCUT2D eigenvalue weighted by Crippen LogP contribution is -2.34. The Morgan fingerprint density at radius 2 is 1.87 bits per heavy atom. The van der Waals surface area contributed by atoms with Crippen LogP contribution in [-0.4, -0.2) is 51.3 Å². The molecule has 30 heavy (non-hydrogen) atoms. The van der Waals surface area contributed by atoms with Crippen molar-refractivity contribution in [3.63, 3.8) is 0 Å². The van der Waals surface area contributed by atoms with Crippen molar-refractivity contribution in [2.45, 2.75) is 27.7 Å². The monoisotopic (exact) mass is 448 g/mol. The van der Waals surface area contributed by atoms with Gasteiger partial charge in [0.05, 0.1) is 17.6 Å². The summed E-state index contributed by atoms with van der Waals surface area (Å²) in [5, 5.41) is 9.74. The van der Waals surface area contributed by atoms with Gasteiger partial charge >= 0.3 is 11.9 Å². The van der Waals surface area contributed by atoms with Crippen molar-refractivity contribution in [2.75, 3.05) is 13.7 Å². The molecule has 1 saturated heterocycles. The Morgan fingerprint density at radius 3 is 2.47 bits per heavy atom. The molecule has 0 spiro atoms. The molecule has 0 aromatic carbocycles. The minimum atomic E-state index is -0.996. The third kappa shape index (κ3) is 3.68. The first kappa shape index (κ1) is 21.8. The number of rotatable bonds is 5. The smallest absolute Gasteiger partial charge is 0.339 e. The zero-order chi connectivity index (χ0) is 22.3. The van der Waals surface area contributed by atoms with Gasteiger partial charge in [-0.15, -0.1) is 11.3 Å². The molecular weight excluding hydrogens is 428 g/mol. The number of nitrogens with zero attached hydrogens (tertiary/aromatic N) is 2. The molecule has 3 heterocycles. The standard InChI is InChI=1S/C20H20N2O6S2/c1-9-6-13(7-14-17(24)21(20(27)30-14)8-15(23)28-5)11(3)22(9)18-16(19(25)26)10(2)12(4)29-18/h6-7H,8H2,1-5H3,(H,25,26)/b14-7-. The van der Waals surface area contributed by atoms with Crippen LogP contribution in [0.25, 0.3) is 11.1 Å². The molecule has 3 rings (SSSR count). The molecule has 0 atom stereocenters. The van der Waals surface area contributed by atoms with E-state index in [0.29, 0.717) is 10.6 Å². The molecule has 1 fully saturated rings. The fourth-order valence-corrected chi connectivity index (χ4v) is 5.32. The summed E-state index contributed by atoms with van der Waals surface area (Å²) in [4.78, 5) is 49.9. The van der Waals surface area contributed by atoms with E-state index in [-0.39, 0.29) is 10.5 Å². The summed E-state index contributed by atoms with van der Waals surface area (Å²) >= 11 is 2.15. The molecule has 0 saturated carbocycles. The van der Waals surface area contributed by atoms with Gasteiger partial charge in [0.15, 0.2) is 0 Å². The zero-order valence-electron chi connectivity index (χ0n) is 17.1. The van der Waals surface area contributed by atoms with E-state index in [1.54, 1.807) is 13.0 Å². The number of aromatic nitrogens is 1. The van der Waals surface area contributed by atoms with E-state index in [2.05, 4.69) is 4.74 Å². The van der Waals surface area contributed by atoms with Crippen molar-refractivity contribution < 1.29 is 29.0 Å². The van der Waals surface area contributed by atoms with Gasteiger partial charge in [-0.2, -0.15) is 0 Å². The Balaban J connectivity index is 2.03. The van der Waals surface area contributed by atoms with Gasteiger partial charge in [0.1, 0.15) is 11.5 Å². The molecule has 1 aliphatic rings. The summed E-state index contributed by atoms with van der Waals surface area (Å²) in [6.45, 7) is 6.90. The molecule has 0 aliphatic carbocycles. The number of hydrogen-bond acceptors (Lipinski definition) is 7. The largest absolute Gasteiger partial charge is 0.478 e. The van der Waals surface area contributed by atoms with Crippen LogP contribution in [0.3, 0.4) is 0 Å². The number of carbonyl (C=O) groups excluding carboxylic acids is 3. The summed E-state index contributed by atoms with van der Waals surface area (Å²) in [6.07, 6.45) is 1.59. The molecule has 8 nitrogen and oxygen atoms in total. The van der Waals surface area contributed by atoms with E-state index < -0.39 is 29.6 Å². The molecule has 158 valence electrons. The maximum absolute atomic E-state index is 12.6. The SMILES string of the molecule is COC(=O)CN1C(=O)S/C(=C\c2cc(C)n(-c3sc(C)c(C)c3C(=O)O)c2C)C1=O. The normalized spacial score (nSPS) is 15.4. The first-order valence-corrected chi connectivity index (χ1v) is 10.5. The number of amides is 2. The van der Waals surface area contributed by atoms with Crippen LogP contribution >= 0.6 is 23.1 Å². The van der Waals surface area contributed by atoms with Crippen LogP contribution in [-0.2, 0) is 14.3 Å². The van der Waals surface area contributed by atoms with Gasteiger partial charge in [0.2, 0.25) is 0 Å². The maximum Gasteiger partial charge on any atom is 0.339 e. The third-order valence-corrected chi connectivity index (χ3v) is 7.03. The van der Waals surface area contributed by atoms with Crippen molar-refractivity contribution in [3.05, 3.63) is 43.9 Å². The molecule has 10 heteroatoms. The minimum Gasteiger partial charge on any atom is -0.478 e. The van der Waals surface area contributed by atoms with Crippen LogP contribution in [0.4, 0.5) is 4.79 Å². The van der Waals surface area contributed by atoms with E-state index >= 15 is 0 Å². The van der Waals surface area contributed by atoms with Crippen LogP contribution in [0.2, 0.25) is 0 Å². The van der Waals surface area contributed by atoms with Crippen molar-refractivity contribution in [2.24, 2.45) is 0 Å². The average Bonchev–Trinajstić information content (AvgIpc) is 3.22. The van der Waals surface area contributed by atoms with Gasteiger partial charge in [0, 0.05) is 16.3 Å². The molecule has 2 aromatic heterocycles. The van der Waals surface area contributed by atoms with E-state index in [1.165, 1.54) is 18.4 Å². The highest BCUT2D eigenvalue weighted by Crippen LogP contribution is 2.36. The summed E-state index contributed by atoms with van der Waals surface area (Å²) in [5.41, 5.74) is 3.22. The van der Waals surface area contributed by atoms with Crippen LogP contribution in [0.5, 0.6) is 0 Å². The fraction of sp³-hybridized carbons (Fsp3) is 0.300. The minimum absolute atomic E-state index is 0.196. The van der Waals surface area contributed by atoms with Gasteiger partial charge in [-0.3, -0.25) is 19.3 Å². The molecular formula is C20H20N2O6S2. The van der Waals surface area contributed by atoms with E-state index in [9.17, 15) is 24.3 Å². The second-order valence-electron chi connectivity index (χ2n) is 6.77. The van der Waals surface area contributed by atoms with Crippen molar-refractivity contribution in [1.82, 2.24) is 9.47 Å². The first-order chi connectivity index (χ1) is 14.1. The zero-order valence-corrected chi connectivity index (χ0v) is 18.7. The van der Waals surface area contributed by atoms with E-state index in [0.717, 1.165) is 38.5 Å². The predicted octanol–water partition coefficient (Wildman–Crippen LogP) is 3.68. The van der Waals surface area contributed by atoms with Crippen LogP contribution < -0.4 is 0 Å². The van der Waals surface area contributed by atoms with Gasteiger partial charge in [-0.1, -0.05) is 0 Å². The quantitative estimate of drug-likeness (QED) is 0.549. The molecule has 1 aliphatic heterocycles. The molecule has 0 unspecified atom stereocenters. The number of ether oxygens (including phenoxy) is 1. The Morgan fingerprint density at radius 1 is 1.20 bits per heavy atom. The Labute approximate surface area is 181 Å². The summed E-state index contributed by atoms with van der Waals surface area (Å²) in [5.74, 6) is -2.24. The molecule has 0 radical (unpaired) electrons. The maximum atomic E-state index is 12.6. The first-order valence-electron chi connectivity index (χ1n) is 8.91. The second-order valence-corrected chi connectivity index (χ2v) is 8.97. The number of carboxylic acids is 1.